The van der Waals surface area contributed by atoms with Crippen molar-refractivity contribution in [2.45, 2.75) is 26.8 Å². The molecule has 0 spiro atoms. The first-order valence-electron chi connectivity index (χ1n) is 8.14. The third kappa shape index (κ3) is 5.69. The minimum Gasteiger partial charge on any atom is -0.326 e. The molecule has 2 aromatic carbocycles. The average molecular weight is 341 g/mol. The van der Waals surface area contributed by atoms with Crippen molar-refractivity contribution < 1.29 is 9.72 Å². The van der Waals surface area contributed by atoms with Crippen molar-refractivity contribution in [3.63, 3.8) is 0 Å². The third-order valence-electron chi connectivity index (χ3n) is 4.00. The fourth-order valence-electron chi connectivity index (χ4n) is 2.45. The number of benzene rings is 2. The summed E-state index contributed by atoms with van der Waals surface area (Å²) in [5.41, 5.74) is 3.67. The van der Waals surface area contributed by atoms with Crippen LogP contribution in [0.25, 0.3) is 0 Å². The van der Waals surface area contributed by atoms with Gasteiger partial charge in [-0.2, -0.15) is 0 Å². The van der Waals surface area contributed by atoms with Crippen molar-refractivity contribution in [1.29, 1.82) is 0 Å². The summed E-state index contributed by atoms with van der Waals surface area (Å²) >= 11 is 0. The Balaban J connectivity index is 1.87. The maximum atomic E-state index is 12.1. The van der Waals surface area contributed by atoms with Gasteiger partial charge in [0.15, 0.2) is 0 Å². The van der Waals surface area contributed by atoms with Crippen LogP contribution in [0.4, 0.5) is 11.4 Å². The molecular formula is C19H23N3O3. The smallest absolute Gasteiger partial charge is 0.271 e. The Morgan fingerprint density at radius 1 is 1.16 bits per heavy atom. The van der Waals surface area contributed by atoms with E-state index >= 15 is 0 Å². The standard InChI is InChI=1S/C19H23N3O3/c1-14-4-7-16(8-5-14)13-21(3)11-10-19(23)20-18-12-17(22(24)25)9-6-15(18)2/h4-9,12H,10-11,13H2,1-3H3,(H,20,23). The zero-order valence-corrected chi connectivity index (χ0v) is 14.8. The summed E-state index contributed by atoms with van der Waals surface area (Å²) in [5, 5.41) is 13.6. The first-order chi connectivity index (χ1) is 11.8. The molecule has 0 bridgehead atoms. The number of carbonyl (C=O) groups is 1. The largest absolute Gasteiger partial charge is 0.326 e. The molecular weight excluding hydrogens is 318 g/mol. The third-order valence-corrected chi connectivity index (χ3v) is 4.00. The van der Waals surface area contributed by atoms with Gasteiger partial charge in [0.1, 0.15) is 0 Å². The molecule has 0 saturated carbocycles. The number of hydrogen-bond acceptors (Lipinski definition) is 4. The second-order valence-electron chi connectivity index (χ2n) is 6.28. The van der Waals surface area contributed by atoms with Crippen LogP contribution >= 0.6 is 0 Å². The van der Waals surface area contributed by atoms with Crippen LogP contribution in [0.1, 0.15) is 23.1 Å². The molecule has 2 aromatic rings. The van der Waals surface area contributed by atoms with E-state index in [-0.39, 0.29) is 11.6 Å². The Kier molecular flexibility index (Phi) is 6.25. The molecule has 0 aliphatic rings. The van der Waals surface area contributed by atoms with Crippen LogP contribution in [-0.2, 0) is 11.3 Å². The van der Waals surface area contributed by atoms with Crippen molar-refractivity contribution in [3.05, 3.63) is 69.3 Å². The Hall–Kier alpha value is -2.73. The number of rotatable bonds is 7. The van der Waals surface area contributed by atoms with Crippen molar-refractivity contribution in [2.75, 3.05) is 18.9 Å². The molecule has 0 radical (unpaired) electrons. The minimum absolute atomic E-state index is 0.0302. The van der Waals surface area contributed by atoms with E-state index in [2.05, 4.69) is 34.5 Å². The normalized spacial score (nSPS) is 10.7. The summed E-state index contributed by atoms with van der Waals surface area (Å²) in [6, 6.07) is 12.8. The van der Waals surface area contributed by atoms with Gasteiger partial charge in [0, 0.05) is 31.6 Å². The van der Waals surface area contributed by atoms with Crippen LogP contribution in [0.2, 0.25) is 0 Å². The molecule has 0 heterocycles. The first-order valence-corrected chi connectivity index (χ1v) is 8.14. The van der Waals surface area contributed by atoms with Crippen molar-refractivity contribution in [1.82, 2.24) is 4.90 Å². The van der Waals surface area contributed by atoms with E-state index in [1.54, 1.807) is 6.07 Å². The lowest BCUT2D eigenvalue weighted by atomic mass is 10.1. The fraction of sp³-hybridized carbons (Fsp3) is 0.316. The van der Waals surface area contributed by atoms with Crippen molar-refractivity contribution in [2.24, 2.45) is 0 Å². The number of nitrogens with zero attached hydrogens (tertiary/aromatic N) is 2. The van der Waals surface area contributed by atoms with Gasteiger partial charge >= 0.3 is 0 Å². The number of hydrogen-bond donors (Lipinski definition) is 1. The Morgan fingerprint density at radius 2 is 1.84 bits per heavy atom. The predicted octanol–water partition coefficient (Wildman–Crippen LogP) is 3.67. The predicted molar refractivity (Wildman–Crippen MR) is 98.6 cm³/mol. The van der Waals surface area contributed by atoms with Gasteiger partial charge in [0.05, 0.1) is 10.6 Å². The quantitative estimate of drug-likeness (QED) is 0.616. The number of anilines is 1. The molecule has 1 amide bonds. The molecule has 0 atom stereocenters. The number of nitro benzene ring substituents is 1. The van der Waals surface area contributed by atoms with Crippen LogP contribution in [0, 0.1) is 24.0 Å². The van der Waals surface area contributed by atoms with Crippen LogP contribution in [0.15, 0.2) is 42.5 Å². The van der Waals surface area contributed by atoms with Gasteiger partial charge in [-0.1, -0.05) is 35.9 Å². The van der Waals surface area contributed by atoms with E-state index in [0.717, 1.165) is 12.1 Å². The minimum atomic E-state index is -0.468. The van der Waals surface area contributed by atoms with Crippen molar-refractivity contribution in [3.8, 4) is 0 Å². The van der Waals surface area contributed by atoms with Crippen LogP contribution in [0.5, 0.6) is 0 Å². The molecule has 0 saturated heterocycles. The molecule has 0 fully saturated rings. The van der Waals surface area contributed by atoms with Crippen LogP contribution in [0.3, 0.4) is 0 Å². The van der Waals surface area contributed by atoms with E-state index < -0.39 is 4.92 Å². The van der Waals surface area contributed by atoms with Crippen LogP contribution in [-0.4, -0.2) is 29.3 Å². The van der Waals surface area contributed by atoms with Gasteiger partial charge in [-0.05, 0) is 32.0 Å². The molecule has 25 heavy (non-hydrogen) atoms. The highest BCUT2D eigenvalue weighted by Crippen LogP contribution is 2.22. The Bertz CT molecular complexity index is 757. The second kappa shape index (κ2) is 8.39. The number of non-ortho nitro benzene ring substituents is 1. The van der Waals surface area contributed by atoms with Gasteiger partial charge < -0.3 is 10.2 Å². The summed E-state index contributed by atoms with van der Waals surface area (Å²) in [6.45, 7) is 5.23. The molecule has 0 aromatic heterocycles. The highest BCUT2D eigenvalue weighted by atomic mass is 16.6. The van der Waals surface area contributed by atoms with E-state index in [1.165, 1.54) is 23.3 Å². The van der Waals surface area contributed by atoms with Gasteiger partial charge in [-0.3, -0.25) is 14.9 Å². The maximum absolute atomic E-state index is 12.1. The topological polar surface area (TPSA) is 75.5 Å². The lowest BCUT2D eigenvalue weighted by molar-refractivity contribution is -0.384. The molecule has 0 aliphatic carbocycles. The molecule has 0 aliphatic heterocycles. The van der Waals surface area contributed by atoms with Crippen LogP contribution < -0.4 is 5.32 Å². The number of nitro groups is 1. The van der Waals surface area contributed by atoms with Crippen molar-refractivity contribution >= 4 is 17.3 Å². The Morgan fingerprint density at radius 3 is 2.48 bits per heavy atom. The average Bonchev–Trinajstić information content (AvgIpc) is 2.57. The molecule has 1 N–H and O–H groups in total. The first kappa shape index (κ1) is 18.6. The zero-order chi connectivity index (χ0) is 18.4. The molecule has 0 unspecified atom stereocenters. The lowest BCUT2D eigenvalue weighted by Crippen LogP contribution is -2.24. The number of amides is 1. The highest BCUT2D eigenvalue weighted by Gasteiger charge is 2.11. The van der Waals surface area contributed by atoms with Gasteiger partial charge in [0.2, 0.25) is 5.91 Å². The summed E-state index contributed by atoms with van der Waals surface area (Å²) in [4.78, 5) is 24.6. The van der Waals surface area contributed by atoms with Gasteiger partial charge in [-0.15, -0.1) is 0 Å². The molecule has 6 heteroatoms. The fourth-order valence-corrected chi connectivity index (χ4v) is 2.45. The van der Waals surface area contributed by atoms with E-state index in [4.69, 9.17) is 0 Å². The maximum Gasteiger partial charge on any atom is 0.271 e. The zero-order valence-electron chi connectivity index (χ0n) is 14.8. The number of aryl methyl sites for hydroxylation is 2. The summed E-state index contributed by atoms with van der Waals surface area (Å²) < 4.78 is 0. The van der Waals surface area contributed by atoms with E-state index in [0.29, 0.717) is 18.7 Å². The Labute approximate surface area is 147 Å². The summed E-state index contributed by atoms with van der Waals surface area (Å²) in [6.07, 6.45) is 0.324. The number of carbonyl (C=O) groups excluding carboxylic acids is 1. The summed E-state index contributed by atoms with van der Waals surface area (Å²) in [7, 11) is 1.96. The van der Waals surface area contributed by atoms with E-state index in [1.807, 2.05) is 20.9 Å². The SMILES string of the molecule is Cc1ccc(CN(C)CCC(=O)Nc2cc([N+](=O)[O-])ccc2C)cc1. The van der Waals surface area contributed by atoms with E-state index in [9.17, 15) is 14.9 Å². The number of nitrogens with one attached hydrogen (secondary N) is 1. The molecule has 2 rings (SSSR count). The molecule has 132 valence electrons. The highest BCUT2D eigenvalue weighted by molar-refractivity contribution is 5.92. The van der Waals surface area contributed by atoms with Gasteiger partial charge in [0.25, 0.3) is 5.69 Å². The second-order valence-corrected chi connectivity index (χ2v) is 6.28. The lowest BCUT2D eigenvalue weighted by Gasteiger charge is -2.17. The summed E-state index contributed by atoms with van der Waals surface area (Å²) in [5.74, 6) is -0.153. The monoisotopic (exact) mass is 341 g/mol. The molecule has 6 nitrogen and oxygen atoms in total. The van der Waals surface area contributed by atoms with Gasteiger partial charge in [-0.25, -0.2) is 0 Å².